The third-order valence-electron chi connectivity index (χ3n) is 1.86. The number of fused-ring (bicyclic) bond motifs is 1. The molecule has 2 aromatic rings. The standard InChI is InChI=1S/C9H4BrF2NO/c10-5-3-6(11)9-4(8(5)12)1-2-7(14)13-9/h1-3H,(H,13,14). The number of aromatic amines is 1. The molecule has 0 saturated carbocycles. The van der Waals surface area contributed by atoms with Gasteiger partial charge in [0.2, 0.25) is 5.56 Å². The molecule has 0 aliphatic carbocycles. The van der Waals surface area contributed by atoms with E-state index in [0.717, 1.165) is 12.1 Å². The lowest BCUT2D eigenvalue weighted by Crippen LogP contribution is -2.04. The fraction of sp³-hybridized carbons (Fsp3) is 0. The second-order valence-corrected chi connectivity index (χ2v) is 3.62. The van der Waals surface area contributed by atoms with Crippen LogP contribution in [-0.2, 0) is 0 Å². The van der Waals surface area contributed by atoms with Crippen LogP contribution < -0.4 is 5.56 Å². The van der Waals surface area contributed by atoms with Crippen molar-refractivity contribution in [3.05, 3.63) is 44.7 Å². The minimum absolute atomic E-state index is 0.0366. The first-order valence-corrected chi connectivity index (χ1v) is 4.55. The Morgan fingerprint density at radius 1 is 1.29 bits per heavy atom. The molecule has 5 heteroatoms. The Bertz CT molecular complexity index is 564. The van der Waals surface area contributed by atoms with Gasteiger partial charge in [-0.05, 0) is 28.1 Å². The molecule has 0 atom stereocenters. The lowest BCUT2D eigenvalue weighted by molar-refractivity contribution is 0.609. The summed E-state index contributed by atoms with van der Waals surface area (Å²) in [6.07, 6.45) is 0. The van der Waals surface area contributed by atoms with Gasteiger partial charge in [0.1, 0.15) is 11.6 Å². The predicted molar refractivity (Wildman–Crippen MR) is 52.2 cm³/mol. The van der Waals surface area contributed by atoms with Crippen molar-refractivity contribution < 1.29 is 8.78 Å². The summed E-state index contributed by atoms with van der Waals surface area (Å²) in [5.74, 6) is -1.25. The number of nitrogens with one attached hydrogen (secondary N) is 1. The summed E-state index contributed by atoms with van der Waals surface area (Å²) in [4.78, 5) is 13.1. The Morgan fingerprint density at radius 2 is 2.00 bits per heavy atom. The highest BCUT2D eigenvalue weighted by Crippen LogP contribution is 2.25. The summed E-state index contributed by atoms with van der Waals surface area (Å²) >= 11 is 2.88. The molecule has 0 radical (unpaired) electrons. The van der Waals surface area contributed by atoms with E-state index in [1.54, 1.807) is 0 Å². The van der Waals surface area contributed by atoms with Gasteiger partial charge in [-0.15, -0.1) is 0 Å². The van der Waals surface area contributed by atoms with Crippen LogP contribution in [0.5, 0.6) is 0 Å². The normalized spacial score (nSPS) is 10.8. The summed E-state index contributed by atoms with van der Waals surface area (Å²) in [6.45, 7) is 0. The maximum Gasteiger partial charge on any atom is 0.248 e. The first-order valence-electron chi connectivity index (χ1n) is 3.76. The first-order chi connectivity index (χ1) is 6.59. The minimum atomic E-state index is -0.661. The average Bonchev–Trinajstić information content (AvgIpc) is 2.14. The van der Waals surface area contributed by atoms with Crippen molar-refractivity contribution in [2.75, 3.05) is 0 Å². The van der Waals surface area contributed by atoms with Gasteiger partial charge in [0.15, 0.2) is 0 Å². The van der Waals surface area contributed by atoms with Crippen LogP contribution in [0.25, 0.3) is 10.9 Å². The molecule has 1 aromatic carbocycles. The van der Waals surface area contributed by atoms with Crippen molar-refractivity contribution >= 4 is 26.8 Å². The van der Waals surface area contributed by atoms with E-state index in [9.17, 15) is 13.6 Å². The first kappa shape index (κ1) is 9.33. The van der Waals surface area contributed by atoms with Gasteiger partial charge in [0.25, 0.3) is 0 Å². The molecule has 1 aromatic heterocycles. The molecule has 72 valence electrons. The molecule has 0 unspecified atom stereocenters. The Balaban J connectivity index is 3.02. The van der Waals surface area contributed by atoms with Crippen molar-refractivity contribution in [2.24, 2.45) is 0 Å². The molecule has 2 rings (SSSR count). The molecule has 0 amide bonds. The smallest absolute Gasteiger partial charge is 0.248 e. The van der Waals surface area contributed by atoms with Gasteiger partial charge in [0.05, 0.1) is 9.99 Å². The van der Waals surface area contributed by atoms with E-state index in [0.29, 0.717) is 0 Å². The Morgan fingerprint density at radius 3 is 2.71 bits per heavy atom. The number of pyridine rings is 1. The van der Waals surface area contributed by atoms with Gasteiger partial charge < -0.3 is 4.98 Å². The fourth-order valence-electron chi connectivity index (χ4n) is 1.22. The number of halogens is 3. The SMILES string of the molecule is O=c1ccc2c(F)c(Br)cc(F)c2[nH]1. The highest BCUT2D eigenvalue weighted by molar-refractivity contribution is 9.10. The maximum absolute atomic E-state index is 13.4. The highest BCUT2D eigenvalue weighted by atomic mass is 79.9. The fourth-order valence-corrected chi connectivity index (χ4v) is 1.64. The van der Waals surface area contributed by atoms with Gasteiger partial charge in [0, 0.05) is 11.5 Å². The number of benzene rings is 1. The largest absolute Gasteiger partial charge is 0.319 e. The van der Waals surface area contributed by atoms with Crippen molar-refractivity contribution in [2.45, 2.75) is 0 Å². The molecule has 2 nitrogen and oxygen atoms in total. The molecule has 0 saturated heterocycles. The van der Waals surface area contributed by atoms with E-state index >= 15 is 0 Å². The average molecular weight is 260 g/mol. The van der Waals surface area contributed by atoms with E-state index in [4.69, 9.17) is 0 Å². The van der Waals surface area contributed by atoms with E-state index in [-0.39, 0.29) is 15.4 Å². The summed E-state index contributed by atoms with van der Waals surface area (Å²) < 4.78 is 26.7. The molecule has 1 heterocycles. The number of aromatic nitrogens is 1. The second kappa shape index (κ2) is 3.16. The highest BCUT2D eigenvalue weighted by Gasteiger charge is 2.10. The van der Waals surface area contributed by atoms with Gasteiger partial charge in [-0.25, -0.2) is 8.78 Å². The Kier molecular flexibility index (Phi) is 2.11. The van der Waals surface area contributed by atoms with Crippen LogP contribution >= 0.6 is 15.9 Å². The number of rotatable bonds is 0. The van der Waals surface area contributed by atoms with Crippen LogP contribution in [0.2, 0.25) is 0 Å². The predicted octanol–water partition coefficient (Wildman–Crippen LogP) is 2.57. The second-order valence-electron chi connectivity index (χ2n) is 2.77. The van der Waals surface area contributed by atoms with Gasteiger partial charge in [-0.1, -0.05) is 0 Å². The minimum Gasteiger partial charge on any atom is -0.319 e. The monoisotopic (exact) mass is 259 g/mol. The van der Waals surface area contributed by atoms with E-state index in [2.05, 4.69) is 20.9 Å². The number of hydrogen-bond donors (Lipinski definition) is 1. The van der Waals surface area contributed by atoms with Gasteiger partial charge in [-0.3, -0.25) is 4.79 Å². The number of H-pyrrole nitrogens is 1. The molecular weight excluding hydrogens is 256 g/mol. The van der Waals surface area contributed by atoms with E-state index in [1.165, 1.54) is 6.07 Å². The van der Waals surface area contributed by atoms with E-state index < -0.39 is 17.2 Å². The zero-order chi connectivity index (χ0) is 10.3. The molecule has 1 N–H and O–H groups in total. The third-order valence-corrected chi connectivity index (χ3v) is 2.43. The molecule has 0 fully saturated rings. The van der Waals surface area contributed by atoms with Crippen LogP contribution in [0.3, 0.4) is 0 Å². The molecule has 0 aliphatic rings. The maximum atomic E-state index is 13.4. The molecular formula is C9H4BrF2NO. The summed E-state index contributed by atoms with van der Waals surface area (Å²) in [7, 11) is 0. The topological polar surface area (TPSA) is 32.9 Å². The van der Waals surface area contributed by atoms with Crippen LogP contribution in [0, 0.1) is 11.6 Å². The van der Waals surface area contributed by atoms with E-state index in [1.807, 2.05) is 0 Å². The molecule has 14 heavy (non-hydrogen) atoms. The lowest BCUT2D eigenvalue weighted by atomic mass is 10.2. The van der Waals surface area contributed by atoms with Crippen molar-refractivity contribution in [1.82, 2.24) is 4.98 Å². The summed E-state index contributed by atoms with van der Waals surface area (Å²) in [6, 6.07) is 3.38. The summed E-state index contributed by atoms with van der Waals surface area (Å²) in [5, 5.41) is 0.0523. The zero-order valence-electron chi connectivity index (χ0n) is 6.77. The van der Waals surface area contributed by atoms with Crippen LogP contribution in [-0.4, -0.2) is 4.98 Å². The van der Waals surface area contributed by atoms with Crippen LogP contribution in [0.15, 0.2) is 27.5 Å². The Hall–Kier alpha value is -1.23. The van der Waals surface area contributed by atoms with Gasteiger partial charge >= 0.3 is 0 Å². The quantitative estimate of drug-likeness (QED) is 0.725. The van der Waals surface area contributed by atoms with Crippen LogP contribution in [0.4, 0.5) is 8.78 Å². The third kappa shape index (κ3) is 1.33. The molecule has 0 aliphatic heterocycles. The lowest BCUT2D eigenvalue weighted by Gasteiger charge is -2.02. The number of hydrogen-bond acceptors (Lipinski definition) is 1. The van der Waals surface area contributed by atoms with Crippen LogP contribution in [0.1, 0.15) is 0 Å². The van der Waals surface area contributed by atoms with Gasteiger partial charge in [-0.2, -0.15) is 0 Å². The van der Waals surface area contributed by atoms with Crippen molar-refractivity contribution in [1.29, 1.82) is 0 Å². The Labute approximate surface area is 85.7 Å². The zero-order valence-corrected chi connectivity index (χ0v) is 8.36. The summed E-state index contributed by atoms with van der Waals surface area (Å²) in [5.41, 5.74) is -0.573. The van der Waals surface area contributed by atoms with Crippen molar-refractivity contribution in [3.8, 4) is 0 Å². The van der Waals surface area contributed by atoms with Crippen molar-refractivity contribution in [3.63, 3.8) is 0 Å². The molecule has 0 bridgehead atoms. The molecule has 0 spiro atoms.